The lowest BCUT2D eigenvalue weighted by molar-refractivity contribution is -0.137. The number of carboxylic acid groups (broad SMARTS) is 1. The normalized spacial score (nSPS) is 19.6. The summed E-state index contributed by atoms with van der Waals surface area (Å²) in [6, 6.07) is 13.1. The number of ether oxygens (including phenoxy) is 1. The molecule has 2 aromatic carbocycles. The second kappa shape index (κ2) is 10.3. The van der Waals surface area contributed by atoms with Gasteiger partial charge in [0.2, 0.25) is 0 Å². The molecule has 3 aromatic rings. The minimum Gasteiger partial charge on any atom is -0.497 e. The summed E-state index contributed by atoms with van der Waals surface area (Å²) in [6.07, 6.45) is 7.06. The van der Waals surface area contributed by atoms with E-state index in [0.29, 0.717) is 29.4 Å². The Morgan fingerprint density at radius 3 is 2.68 bits per heavy atom. The Hall–Kier alpha value is -3.15. The van der Waals surface area contributed by atoms with Gasteiger partial charge in [-0.05, 0) is 91.0 Å². The zero-order valence-corrected chi connectivity index (χ0v) is 21.9. The van der Waals surface area contributed by atoms with Crippen LogP contribution in [0.5, 0.6) is 5.75 Å². The molecule has 1 heterocycles. The molecular formula is C31H36FNO4. The van der Waals surface area contributed by atoms with E-state index in [4.69, 9.17) is 9.26 Å². The monoisotopic (exact) mass is 505 g/mol. The molecule has 2 atom stereocenters. The molecule has 0 spiro atoms. The first-order valence-corrected chi connectivity index (χ1v) is 13.4. The van der Waals surface area contributed by atoms with Gasteiger partial charge in [0.15, 0.2) is 5.76 Å². The van der Waals surface area contributed by atoms with E-state index in [1.54, 1.807) is 19.2 Å². The van der Waals surface area contributed by atoms with Crippen molar-refractivity contribution in [2.24, 2.45) is 11.3 Å². The van der Waals surface area contributed by atoms with E-state index in [-0.39, 0.29) is 29.5 Å². The van der Waals surface area contributed by atoms with Crippen LogP contribution in [0.4, 0.5) is 4.39 Å². The van der Waals surface area contributed by atoms with Crippen molar-refractivity contribution in [2.75, 3.05) is 7.11 Å². The van der Waals surface area contributed by atoms with Gasteiger partial charge in [-0.2, -0.15) is 0 Å². The Bertz CT molecular complexity index is 1280. The Balaban J connectivity index is 1.46. The highest BCUT2D eigenvalue weighted by Crippen LogP contribution is 2.52. The van der Waals surface area contributed by atoms with Crippen molar-refractivity contribution in [3.05, 3.63) is 70.7 Å². The Labute approximate surface area is 218 Å². The molecule has 0 bridgehead atoms. The van der Waals surface area contributed by atoms with Crippen LogP contribution < -0.4 is 4.74 Å². The molecule has 37 heavy (non-hydrogen) atoms. The molecular weight excluding hydrogens is 469 g/mol. The second-order valence-corrected chi connectivity index (χ2v) is 11.4. The Kier molecular flexibility index (Phi) is 7.11. The van der Waals surface area contributed by atoms with Crippen molar-refractivity contribution < 1.29 is 23.6 Å². The molecule has 6 heteroatoms. The molecule has 2 aliphatic carbocycles. The summed E-state index contributed by atoms with van der Waals surface area (Å²) in [7, 11) is 1.57. The quantitative estimate of drug-likeness (QED) is 0.308. The van der Waals surface area contributed by atoms with E-state index in [9.17, 15) is 9.90 Å². The number of hydrogen-bond acceptors (Lipinski definition) is 4. The number of carboxylic acids is 1. The fourth-order valence-corrected chi connectivity index (χ4v) is 6.22. The molecule has 5 nitrogen and oxygen atoms in total. The highest BCUT2D eigenvalue weighted by atomic mass is 19.1. The van der Waals surface area contributed by atoms with Crippen molar-refractivity contribution in [1.82, 2.24) is 5.16 Å². The minimum atomic E-state index is -0.744. The van der Waals surface area contributed by atoms with Gasteiger partial charge in [-0.3, -0.25) is 4.79 Å². The van der Waals surface area contributed by atoms with Crippen LogP contribution in [-0.4, -0.2) is 23.3 Å². The number of aryl methyl sites for hydroxylation is 2. The van der Waals surface area contributed by atoms with Crippen LogP contribution in [0, 0.1) is 17.2 Å². The lowest BCUT2D eigenvalue weighted by Crippen LogP contribution is -2.17. The van der Waals surface area contributed by atoms with Gasteiger partial charge in [0, 0.05) is 5.56 Å². The van der Waals surface area contributed by atoms with E-state index in [2.05, 4.69) is 37.2 Å². The molecule has 5 rings (SSSR count). The lowest BCUT2D eigenvalue weighted by Gasteiger charge is -2.27. The first kappa shape index (κ1) is 25.5. The van der Waals surface area contributed by atoms with E-state index in [1.807, 2.05) is 6.07 Å². The molecule has 0 radical (unpaired) electrons. The van der Waals surface area contributed by atoms with E-state index >= 15 is 4.39 Å². The molecule has 2 fully saturated rings. The number of aliphatic carboxylic acids is 1. The maximum absolute atomic E-state index is 15.0. The third-order valence-electron chi connectivity index (χ3n) is 8.44. The molecule has 196 valence electrons. The van der Waals surface area contributed by atoms with Crippen LogP contribution in [0.3, 0.4) is 0 Å². The molecule has 0 aliphatic heterocycles. The number of carbonyl (C=O) groups is 1. The summed E-state index contributed by atoms with van der Waals surface area (Å²) in [6.45, 7) is 4.55. The highest BCUT2D eigenvalue weighted by Gasteiger charge is 2.40. The third-order valence-corrected chi connectivity index (χ3v) is 8.44. The number of halogens is 1. The van der Waals surface area contributed by atoms with Crippen LogP contribution in [0.1, 0.15) is 86.6 Å². The summed E-state index contributed by atoms with van der Waals surface area (Å²) >= 11 is 0. The Morgan fingerprint density at radius 2 is 2.00 bits per heavy atom. The van der Waals surface area contributed by atoms with Crippen molar-refractivity contribution >= 4 is 5.97 Å². The number of hydrogen-bond donors (Lipinski definition) is 1. The molecule has 1 N–H and O–H groups in total. The zero-order chi connectivity index (χ0) is 26.2. The maximum atomic E-state index is 15.0. The smallest absolute Gasteiger partial charge is 0.303 e. The van der Waals surface area contributed by atoms with Crippen LogP contribution in [-0.2, 0) is 17.6 Å². The number of benzene rings is 2. The largest absolute Gasteiger partial charge is 0.497 e. The van der Waals surface area contributed by atoms with Crippen LogP contribution in [0.25, 0.3) is 11.3 Å². The minimum absolute atomic E-state index is 0.0681. The highest BCUT2D eigenvalue weighted by molar-refractivity contribution is 5.68. The molecule has 2 saturated carbocycles. The molecule has 2 aliphatic rings. The first-order chi connectivity index (χ1) is 17.8. The predicted octanol–water partition coefficient (Wildman–Crippen LogP) is 7.54. The summed E-state index contributed by atoms with van der Waals surface area (Å²) in [4.78, 5) is 11.5. The number of rotatable bonds is 10. The van der Waals surface area contributed by atoms with Gasteiger partial charge in [0.1, 0.15) is 11.6 Å². The van der Waals surface area contributed by atoms with Gasteiger partial charge in [0.05, 0.1) is 24.8 Å². The number of nitrogens with zero attached hydrogens (tertiary/aromatic N) is 1. The van der Waals surface area contributed by atoms with Crippen LogP contribution in [0.15, 0.2) is 47.0 Å². The second-order valence-electron chi connectivity index (χ2n) is 11.4. The standard InChI is InChI=1S/C31H36FNO4/c1-31(2)15-5-8-25(31)29-27(33-37-30(29)24-17-22(36-3)12-13-26(24)32)14-9-19-6-4-7-21(16-19)23(18-28(34)35)20-10-11-20/h4,6-7,12-13,16-17,20,23,25H,5,8-11,14-15,18H2,1-3H3,(H,34,35)/t23-,25?/m0/s1. The molecule has 1 aromatic heterocycles. The van der Waals surface area contributed by atoms with Crippen molar-refractivity contribution in [1.29, 1.82) is 0 Å². The van der Waals surface area contributed by atoms with Crippen LogP contribution in [0.2, 0.25) is 0 Å². The van der Waals surface area contributed by atoms with E-state index in [1.165, 1.54) is 6.07 Å². The third kappa shape index (κ3) is 5.43. The fraction of sp³-hybridized carbons (Fsp3) is 0.484. The van der Waals surface area contributed by atoms with Gasteiger partial charge in [-0.25, -0.2) is 4.39 Å². The van der Waals surface area contributed by atoms with Gasteiger partial charge in [0.25, 0.3) is 0 Å². The van der Waals surface area contributed by atoms with Gasteiger partial charge in [-0.15, -0.1) is 0 Å². The van der Waals surface area contributed by atoms with E-state index < -0.39 is 5.97 Å². The van der Waals surface area contributed by atoms with E-state index in [0.717, 1.165) is 60.9 Å². The number of aromatic nitrogens is 1. The topological polar surface area (TPSA) is 72.6 Å². The van der Waals surface area contributed by atoms with Crippen LogP contribution >= 0.6 is 0 Å². The fourth-order valence-electron chi connectivity index (χ4n) is 6.22. The summed E-state index contributed by atoms with van der Waals surface area (Å²) < 4.78 is 26.3. The van der Waals surface area contributed by atoms with Crippen molar-refractivity contribution in [3.63, 3.8) is 0 Å². The summed E-state index contributed by atoms with van der Waals surface area (Å²) in [5, 5.41) is 13.9. The molecule has 0 saturated heterocycles. The number of methoxy groups -OCH3 is 1. The molecule has 1 unspecified atom stereocenters. The predicted molar refractivity (Wildman–Crippen MR) is 140 cm³/mol. The van der Waals surface area contributed by atoms with Crippen molar-refractivity contribution in [3.8, 4) is 17.1 Å². The SMILES string of the molecule is COc1ccc(F)c(-c2onc(CCc3cccc([C@@H](CC(=O)O)C4CC4)c3)c2C2CCCC2(C)C)c1. The summed E-state index contributed by atoms with van der Waals surface area (Å²) in [5.74, 6) is 0.768. The maximum Gasteiger partial charge on any atom is 0.303 e. The average molecular weight is 506 g/mol. The summed E-state index contributed by atoms with van der Waals surface area (Å²) in [5.41, 5.74) is 4.62. The Morgan fingerprint density at radius 1 is 1.19 bits per heavy atom. The van der Waals surface area contributed by atoms with Gasteiger partial charge in [-0.1, -0.05) is 49.7 Å². The zero-order valence-electron chi connectivity index (χ0n) is 21.9. The average Bonchev–Trinajstić information content (AvgIpc) is 3.54. The van der Waals surface area contributed by atoms with Gasteiger partial charge >= 0.3 is 5.97 Å². The lowest BCUT2D eigenvalue weighted by atomic mass is 9.76. The van der Waals surface area contributed by atoms with Crippen molar-refractivity contribution in [2.45, 2.75) is 77.0 Å². The molecule has 0 amide bonds. The first-order valence-electron chi connectivity index (χ1n) is 13.4. The van der Waals surface area contributed by atoms with Gasteiger partial charge < -0.3 is 14.4 Å².